The highest BCUT2D eigenvalue weighted by atomic mass is 16.4. The molecule has 0 bridgehead atoms. The van der Waals surface area contributed by atoms with Crippen LogP contribution in [0.1, 0.15) is 31.3 Å². The van der Waals surface area contributed by atoms with Crippen LogP contribution in [0.25, 0.3) is 0 Å². The van der Waals surface area contributed by atoms with Gasteiger partial charge in [0.15, 0.2) is 0 Å². The molecule has 2 N–H and O–H groups in total. The second-order valence-corrected chi connectivity index (χ2v) is 4.50. The van der Waals surface area contributed by atoms with Crippen LogP contribution >= 0.6 is 0 Å². The lowest BCUT2D eigenvalue weighted by atomic mass is 10.2. The summed E-state index contributed by atoms with van der Waals surface area (Å²) in [7, 11) is 1.60. The zero-order valence-electron chi connectivity index (χ0n) is 11.5. The Labute approximate surface area is 112 Å². The largest absolute Gasteiger partial charge is 0.480 e. The molecule has 0 aromatic carbocycles. The number of nitrogens with zero attached hydrogens (tertiary/aromatic N) is 1. The number of carbonyl (C=O) groups excluding carboxylic acids is 1. The standard InChI is InChI=1S/C13H20N2O4/c1-4-5-11(12(16)17)14-13(18)15(3)8-10-7-6-9(2)19-10/h6-7,11H,4-5,8H2,1-3H3,(H,14,18)(H,16,17). The normalized spacial score (nSPS) is 11.9. The van der Waals surface area contributed by atoms with Gasteiger partial charge in [0, 0.05) is 7.05 Å². The molecule has 0 saturated carbocycles. The van der Waals surface area contributed by atoms with E-state index < -0.39 is 18.0 Å². The number of hydrogen-bond donors (Lipinski definition) is 2. The highest BCUT2D eigenvalue weighted by Gasteiger charge is 2.21. The fraction of sp³-hybridized carbons (Fsp3) is 0.538. The first kappa shape index (κ1) is 15.1. The Morgan fingerprint density at radius 2 is 2.16 bits per heavy atom. The molecule has 0 aliphatic carbocycles. The van der Waals surface area contributed by atoms with Crippen molar-refractivity contribution in [2.75, 3.05) is 7.05 Å². The molecule has 1 aromatic heterocycles. The van der Waals surface area contributed by atoms with Crippen LogP contribution in [0.4, 0.5) is 4.79 Å². The van der Waals surface area contributed by atoms with E-state index in [-0.39, 0.29) is 0 Å². The first-order valence-corrected chi connectivity index (χ1v) is 6.23. The number of furan rings is 1. The highest BCUT2D eigenvalue weighted by molar-refractivity contribution is 5.82. The number of carboxylic acids is 1. The van der Waals surface area contributed by atoms with Crippen molar-refractivity contribution in [1.82, 2.24) is 10.2 Å². The second kappa shape index (κ2) is 6.82. The first-order valence-electron chi connectivity index (χ1n) is 6.23. The summed E-state index contributed by atoms with van der Waals surface area (Å²) in [6.07, 6.45) is 1.10. The average molecular weight is 268 g/mol. The Morgan fingerprint density at radius 1 is 1.47 bits per heavy atom. The Balaban J connectivity index is 2.54. The molecule has 0 fully saturated rings. The molecule has 1 rings (SSSR count). The fourth-order valence-corrected chi connectivity index (χ4v) is 1.68. The third-order valence-corrected chi connectivity index (χ3v) is 2.71. The van der Waals surface area contributed by atoms with E-state index >= 15 is 0 Å². The van der Waals surface area contributed by atoms with Crippen LogP contribution in [-0.2, 0) is 11.3 Å². The van der Waals surface area contributed by atoms with E-state index in [2.05, 4.69) is 5.32 Å². The molecule has 0 radical (unpaired) electrons. The molecule has 6 heteroatoms. The van der Waals surface area contributed by atoms with Gasteiger partial charge in [0.2, 0.25) is 0 Å². The minimum atomic E-state index is -1.02. The summed E-state index contributed by atoms with van der Waals surface area (Å²) in [5, 5.41) is 11.5. The minimum absolute atomic E-state index is 0.304. The maximum absolute atomic E-state index is 11.9. The maximum atomic E-state index is 11.9. The Kier molecular flexibility index (Phi) is 5.41. The fourth-order valence-electron chi connectivity index (χ4n) is 1.68. The summed E-state index contributed by atoms with van der Waals surface area (Å²) >= 11 is 0. The van der Waals surface area contributed by atoms with Gasteiger partial charge in [0.1, 0.15) is 17.6 Å². The number of amides is 2. The van der Waals surface area contributed by atoms with Gasteiger partial charge in [-0.1, -0.05) is 13.3 Å². The summed E-state index contributed by atoms with van der Waals surface area (Å²) in [5.41, 5.74) is 0. The van der Waals surface area contributed by atoms with Gasteiger partial charge < -0.3 is 19.7 Å². The SMILES string of the molecule is CCCC(NC(=O)N(C)Cc1ccc(C)o1)C(=O)O. The topological polar surface area (TPSA) is 82.8 Å². The van der Waals surface area contributed by atoms with Crippen LogP contribution in [0, 0.1) is 6.92 Å². The summed E-state index contributed by atoms with van der Waals surface area (Å²) in [5.74, 6) is 0.424. The summed E-state index contributed by atoms with van der Waals surface area (Å²) in [6.45, 7) is 4.00. The Hall–Kier alpha value is -1.98. The zero-order valence-corrected chi connectivity index (χ0v) is 11.5. The van der Waals surface area contributed by atoms with Crippen LogP contribution in [0.5, 0.6) is 0 Å². The molecule has 1 unspecified atom stereocenters. The monoisotopic (exact) mass is 268 g/mol. The van der Waals surface area contributed by atoms with E-state index in [4.69, 9.17) is 9.52 Å². The lowest BCUT2D eigenvalue weighted by Crippen LogP contribution is -2.46. The molecule has 1 aromatic rings. The molecule has 106 valence electrons. The molecule has 0 aliphatic heterocycles. The van der Waals surface area contributed by atoms with Crippen LogP contribution < -0.4 is 5.32 Å². The third-order valence-electron chi connectivity index (χ3n) is 2.71. The van der Waals surface area contributed by atoms with Crippen molar-refractivity contribution in [2.24, 2.45) is 0 Å². The minimum Gasteiger partial charge on any atom is -0.480 e. The number of aliphatic carboxylic acids is 1. The number of hydrogen-bond acceptors (Lipinski definition) is 3. The van der Waals surface area contributed by atoms with Gasteiger partial charge in [0.05, 0.1) is 6.54 Å². The molecule has 0 aliphatic rings. The molecule has 0 spiro atoms. The van der Waals surface area contributed by atoms with Crippen molar-refractivity contribution >= 4 is 12.0 Å². The molecule has 1 heterocycles. The Bertz CT molecular complexity index is 442. The lowest BCUT2D eigenvalue weighted by Gasteiger charge is -2.20. The van der Waals surface area contributed by atoms with Crippen molar-refractivity contribution in [3.8, 4) is 0 Å². The smallest absolute Gasteiger partial charge is 0.326 e. The quantitative estimate of drug-likeness (QED) is 0.826. The number of carbonyl (C=O) groups is 2. The molecule has 0 saturated heterocycles. The summed E-state index contributed by atoms with van der Waals surface area (Å²) < 4.78 is 5.37. The van der Waals surface area contributed by atoms with Crippen molar-refractivity contribution in [3.05, 3.63) is 23.7 Å². The molecule has 1 atom stereocenters. The average Bonchev–Trinajstić information content (AvgIpc) is 2.73. The van der Waals surface area contributed by atoms with E-state index in [0.717, 1.165) is 5.76 Å². The second-order valence-electron chi connectivity index (χ2n) is 4.50. The van der Waals surface area contributed by atoms with E-state index in [9.17, 15) is 9.59 Å². The van der Waals surface area contributed by atoms with Crippen molar-refractivity contribution < 1.29 is 19.1 Å². The predicted molar refractivity (Wildman–Crippen MR) is 69.8 cm³/mol. The molecular formula is C13H20N2O4. The van der Waals surface area contributed by atoms with Crippen LogP contribution in [0.15, 0.2) is 16.5 Å². The summed E-state index contributed by atoms with van der Waals surface area (Å²) in [6, 6.07) is 2.34. The van der Waals surface area contributed by atoms with Gasteiger partial charge in [-0.15, -0.1) is 0 Å². The van der Waals surface area contributed by atoms with Crippen molar-refractivity contribution in [2.45, 2.75) is 39.3 Å². The van der Waals surface area contributed by atoms with Gasteiger partial charge in [-0.25, -0.2) is 9.59 Å². The molecule has 2 amide bonds. The number of aryl methyl sites for hydroxylation is 1. The van der Waals surface area contributed by atoms with Crippen LogP contribution in [0.3, 0.4) is 0 Å². The van der Waals surface area contributed by atoms with Crippen LogP contribution in [-0.4, -0.2) is 35.1 Å². The van der Waals surface area contributed by atoms with Crippen molar-refractivity contribution in [3.63, 3.8) is 0 Å². The zero-order chi connectivity index (χ0) is 14.4. The van der Waals surface area contributed by atoms with E-state index in [1.807, 2.05) is 19.9 Å². The van der Waals surface area contributed by atoms with Gasteiger partial charge in [-0.2, -0.15) is 0 Å². The maximum Gasteiger partial charge on any atom is 0.326 e. The number of nitrogens with one attached hydrogen (secondary N) is 1. The van der Waals surface area contributed by atoms with Gasteiger partial charge >= 0.3 is 12.0 Å². The molecule has 6 nitrogen and oxygen atoms in total. The third kappa shape index (κ3) is 4.65. The van der Waals surface area contributed by atoms with Crippen molar-refractivity contribution in [1.29, 1.82) is 0 Å². The Morgan fingerprint density at radius 3 is 2.63 bits per heavy atom. The lowest BCUT2D eigenvalue weighted by molar-refractivity contribution is -0.139. The summed E-state index contributed by atoms with van der Waals surface area (Å²) in [4.78, 5) is 24.2. The van der Waals surface area contributed by atoms with Gasteiger partial charge in [0.25, 0.3) is 0 Å². The molecule has 19 heavy (non-hydrogen) atoms. The highest BCUT2D eigenvalue weighted by Crippen LogP contribution is 2.09. The number of rotatable bonds is 6. The van der Waals surface area contributed by atoms with Gasteiger partial charge in [-0.05, 0) is 25.5 Å². The van der Waals surface area contributed by atoms with E-state index in [1.165, 1.54) is 4.90 Å². The number of carboxylic acid groups (broad SMARTS) is 1. The molecular weight excluding hydrogens is 248 g/mol. The van der Waals surface area contributed by atoms with Gasteiger partial charge in [-0.3, -0.25) is 0 Å². The van der Waals surface area contributed by atoms with E-state index in [0.29, 0.717) is 25.1 Å². The van der Waals surface area contributed by atoms with E-state index in [1.54, 1.807) is 13.1 Å². The number of urea groups is 1. The predicted octanol–water partition coefficient (Wildman–Crippen LogP) is 1.98. The van der Waals surface area contributed by atoms with Crippen LogP contribution in [0.2, 0.25) is 0 Å². The first-order chi connectivity index (χ1) is 8.93.